The Balaban J connectivity index is 1.51. The predicted octanol–water partition coefficient (Wildman–Crippen LogP) is 6.11. The van der Waals surface area contributed by atoms with E-state index in [2.05, 4.69) is 21.2 Å². The molecule has 3 aromatic carbocycles. The van der Waals surface area contributed by atoms with E-state index in [1.165, 1.54) is 0 Å². The Bertz CT molecular complexity index is 1180. The lowest BCUT2D eigenvalue weighted by Crippen LogP contribution is -2.50. The number of hydrogen-bond donors (Lipinski definition) is 1. The molecule has 1 aliphatic carbocycles. The third kappa shape index (κ3) is 5.73. The molecule has 1 aliphatic rings. The van der Waals surface area contributed by atoms with Crippen LogP contribution in [0.4, 0.5) is 0 Å². The summed E-state index contributed by atoms with van der Waals surface area (Å²) in [6, 6.07) is 18.6. The number of ether oxygens (including phenoxy) is 1. The average Bonchev–Trinajstić information content (AvgIpc) is 3.36. The van der Waals surface area contributed by atoms with E-state index < -0.39 is 6.04 Å². The molecule has 0 aromatic heterocycles. The van der Waals surface area contributed by atoms with E-state index in [0.29, 0.717) is 10.8 Å². The van der Waals surface area contributed by atoms with Crippen molar-refractivity contribution < 1.29 is 14.3 Å². The second-order valence-corrected chi connectivity index (χ2v) is 9.87. The molecule has 2 amide bonds. The molecule has 4 rings (SSSR count). The summed E-state index contributed by atoms with van der Waals surface area (Å²) >= 11 is 9.97. The van der Waals surface area contributed by atoms with E-state index in [9.17, 15) is 9.59 Å². The van der Waals surface area contributed by atoms with Gasteiger partial charge in [-0.3, -0.25) is 9.59 Å². The second kappa shape index (κ2) is 11.2. The first-order chi connectivity index (χ1) is 16.4. The van der Waals surface area contributed by atoms with Gasteiger partial charge in [-0.2, -0.15) is 0 Å². The monoisotopic (exact) mass is 542 g/mol. The topological polar surface area (TPSA) is 58.6 Å². The smallest absolute Gasteiger partial charge is 0.261 e. The minimum absolute atomic E-state index is 0.154. The fourth-order valence-corrected chi connectivity index (χ4v) is 5.14. The molecule has 0 saturated heterocycles. The van der Waals surface area contributed by atoms with Crippen LogP contribution in [0.3, 0.4) is 0 Å². The molecule has 1 unspecified atom stereocenters. The number of benzene rings is 3. The van der Waals surface area contributed by atoms with Crippen LogP contribution >= 0.6 is 27.5 Å². The first-order valence-electron chi connectivity index (χ1n) is 11.6. The second-order valence-electron chi connectivity index (χ2n) is 8.67. The summed E-state index contributed by atoms with van der Waals surface area (Å²) < 4.78 is 6.71. The summed E-state index contributed by atoms with van der Waals surface area (Å²) in [5.74, 6) is 0.140. The summed E-state index contributed by atoms with van der Waals surface area (Å²) in [6.07, 6.45) is 4.21. The summed E-state index contributed by atoms with van der Waals surface area (Å²) in [7, 11) is 0. The molecule has 1 N–H and O–H groups in total. The highest BCUT2D eigenvalue weighted by Crippen LogP contribution is 2.33. The van der Waals surface area contributed by atoms with Crippen molar-refractivity contribution in [2.24, 2.45) is 0 Å². The van der Waals surface area contributed by atoms with Gasteiger partial charge in [-0.05, 0) is 64.2 Å². The van der Waals surface area contributed by atoms with E-state index in [1.54, 1.807) is 17.9 Å². The van der Waals surface area contributed by atoms with Crippen LogP contribution in [-0.2, 0) is 16.1 Å². The van der Waals surface area contributed by atoms with E-state index in [4.69, 9.17) is 16.3 Å². The molecule has 5 nitrogen and oxygen atoms in total. The zero-order chi connectivity index (χ0) is 24.1. The number of carbonyl (C=O) groups excluding carboxylic acids is 2. The lowest BCUT2D eigenvalue weighted by molar-refractivity contribution is -0.142. The summed E-state index contributed by atoms with van der Waals surface area (Å²) in [5, 5.41) is 5.74. The Morgan fingerprint density at radius 2 is 1.79 bits per heavy atom. The van der Waals surface area contributed by atoms with Crippen LogP contribution in [0.1, 0.15) is 38.2 Å². The average molecular weight is 544 g/mol. The minimum atomic E-state index is -0.659. The number of nitrogens with one attached hydrogen (secondary N) is 1. The molecule has 0 heterocycles. The van der Waals surface area contributed by atoms with Crippen molar-refractivity contribution in [3.8, 4) is 5.75 Å². The number of rotatable bonds is 8. The highest BCUT2D eigenvalue weighted by atomic mass is 79.9. The predicted molar refractivity (Wildman–Crippen MR) is 139 cm³/mol. The van der Waals surface area contributed by atoms with Crippen molar-refractivity contribution in [3.63, 3.8) is 0 Å². The van der Waals surface area contributed by atoms with Crippen LogP contribution in [0.2, 0.25) is 5.02 Å². The lowest BCUT2D eigenvalue weighted by atomic mass is 10.1. The standard InChI is InChI=1S/C27H28BrClN2O3/c1-18(27(33)30-21-10-4-5-11-21)31(16-20-9-3-7-13-23(20)29)25(32)17-34-24-15-14-19-8-2-6-12-22(19)26(24)28/h2-3,6-9,12-15,18,21H,4-5,10-11,16-17H2,1H3,(H,30,33). The third-order valence-electron chi connectivity index (χ3n) is 6.35. The van der Waals surface area contributed by atoms with Gasteiger partial charge >= 0.3 is 0 Å². The third-order valence-corrected chi connectivity index (χ3v) is 7.53. The van der Waals surface area contributed by atoms with Gasteiger partial charge in [0.2, 0.25) is 5.91 Å². The zero-order valence-electron chi connectivity index (χ0n) is 19.1. The van der Waals surface area contributed by atoms with Crippen molar-refractivity contribution >= 4 is 50.1 Å². The molecular weight excluding hydrogens is 516 g/mol. The largest absolute Gasteiger partial charge is 0.483 e. The normalized spacial score (nSPS) is 14.7. The molecule has 0 radical (unpaired) electrons. The fourth-order valence-electron chi connectivity index (χ4n) is 4.33. The fraction of sp³-hybridized carbons (Fsp3) is 0.333. The number of fused-ring (bicyclic) bond motifs is 1. The van der Waals surface area contributed by atoms with E-state index in [-0.39, 0.29) is 31.0 Å². The molecule has 0 aliphatic heterocycles. The first kappa shape index (κ1) is 24.6. The number of nitrogens with zero attached hydrogens (tertiary/aromatic N) is 1. The quantitative estimate of drug-likeness (QED) is 0.373. The molecular formula is C27H28BrClN2O3. The number of hydrogen-bond acceptors (Lipinski definition) is 3. The van der Waals surface area contributed by atoms with Gasteiger partial charge in [0.05, 0.1) is 4.47 Å². The maximum absolute atomic E-state index is 13.4. The van der Waals surface area contributed by atoms with Crippen molar-refractivity contribution in [3.05, 3.63) is 75.7 Å². The van der Waals surface area contributed by atoms with Crippen LogP contribution < -0.4 is 10.1 Å². The molecule has 7 heteroatoms. The van der Waals surface area contributed by atoms with E-state index >= 15 is 0 Å². The van der Waals surface area contributed by atoms with Crippen LogP contribution in [-0.4, -0.2) is 35.4 Å². The first-order valence-corrected chi connectivity index (χ1v) is 12.7. The molecule has 34 heavy (non-hydrogen) atoms. The van der Waals surface area contributed by atoms with Gasteiger partial charge in [0, 0.05) is 17.6 Å². The Hall–Kier alpha value is -2.57. The van der Waals surface area contributed by atoms with Crippen LogP contribution in [0.5, 0.6) is 5.75 Å². The van der Waals surface area contributed by atoms with Crippen molar-refractivity contribution in [1.82, 2.24) is 10.2 Å². The number of halogens is 2. The summed E-state index contributed by atoms with van der Waals surface area (Å²) in [4.78, 5) is 27.9. The van der Waals surface area contributed by atoms with Gasteiger partial charge in [0.15, 0.2) is 6.61 Å². The van der Waals surface area contributed by atoms with Gasteiger partial charge in [-0.25, -0.2) is 0 Å². The van der Waals surface area contributed by atoms with E-state index in [0.717, 1.165) is 46.5 Å². The SMILES string of the molecule is CC(C(=O)NC1CCCC1)N(Cc1ccccc1Cl)C(=O)COc1ccc2ccccc2c1Br. The minimum Gasteiger partial charge on any atom is -0.483 e. The Kier molecular flexibility index (Phi) is 8.11. The van der Waals surface area contributed by atoms with Gasteiger partial charge in [0.25, 0.3) is 5.91 Å². The molecule has 1 saturated carbocycles. The van der Waals surface area contributed by atoms with Crippen molar-refractivity contribution in [2.45, 2.75) is 51.2 Å². The highest BCUT2D eigenvalue weighted by Gasteiger charge is 2.29. The Morgan fingerprint density at radius 1 is 1.09 bits per heavy atom. The van der Waals surface area contributed by atoms with Crippen molar-refractivity contribution in [1.29, 1.82) is 0 Å². The van der Waals surface area contributed by atoms with Gasteiger partial charge in [0.1, 0.15) is 11.8 Å². The maximum Gasteiger partial charge on any atom is 0.261 e. The van der Waals surface area contributed by atoms with Gasteiger partial charge in [-0.15, -0.1) is 0 Å². The zero-order valence-corrected chi connectivity index (χ0v) is 21.4. The molecule has 1 fully saturated rings. The maximum atomic E-state index is 13.4. The molecule has 1 atom stereocenters. The number of carbonyl (C=O) groups is 2. The molecule has 0 bridgehead atoms. The lowest BCUT2D eigenvalue weighted by Gasteiger charge is -2.30. The van der Waals surface area contributed by atoms with Crippen LogP contribution in [0, 0.1) is 0 Å². The molecule has 178 valence electrons. The van der Waals surface area contributed by atoms with Gasteiger partial charge < -0.3 is 15.0 Å². The highest BCUT2D eigenvalue weighted by molar-refractivity contribution is 9.10. The van der Waals surface area contributed by atoms with Crippen molar-refractivity contribution in [2.75, 3.05) is 6.61 Å². The van der Waals surface area contributed by atoms with Gasteiger partial charge in [-0.1, -0.05) is 73.0 Å². The molecule has 0 spiro atoms. The number of amides is 2. The Labute approximate surface area is 213 Å². The van der Waals surface area contributed by atoms with E-state index in [1.807, 2.05) is 54.6 Å². The summed E-state index contributed by atoms with van der Waals surface area (Å²) in [6.45, 7) is 1.79. The van der Waals surface area contributed by atoms with Crippen LogP contribution in [0.15, 0.2) is 65.1 Å². The molecule has 3 aromatic rings. The Morgan fingerprint density at radius 3 is 2.56 bits per heavy atom. The summed E-state index contributed by atoms with van der Waals surface area (Å²) in [5.41, 5.74) is 0.782. The van der Waals surface area contributed by atoms with Crippen LogP contribution in [0.25, 0.3) is 10.8 Å².